The smallest absolute Gasteiger partial charge is 0.164 e. The van der Waals surface area contributed by atoms with Crippen molar-refractivity contribution in [3.8, 4) is 108 Å². The Morgan fingerprint density at radius 1 is 0.242 bits per heavy atom. The summed E-state index contributed by atoms with van der Waals surface area (Å²) in [7, 11) is 0. The molecular weight excluding hydrogens is 807 g/mol. The predicted molar refractivity (Wildman–Crippen MR) is 264 cm³/mol. The molecule has 2 heterocycles. The lowest BCUT2D eigenvalue weighted by molar-refractivity contribution is 1.07. The van der Waals surface area contributed by atoms with Crippen LogP contribution >= 0.6 is 0 Å². The number of nitriles is 1. The number of benzene rings is 9. The standard InChI is InChI=1S/C59H37N7/c60-38-39-28-30-40(31-29-39)47-26-15-27-51(53(47)41-32-34-46(35-33-41)58-62-54(42-16-5-1-6-17-42)61-55(63-58)43-18-7-2-8-19-43)50-36-37-52(49-25-14-13-24-48(49)50)59-65-56(44-20-9-3-10-21-44)64-57(66-59)45-22-11-4-12-23-45/h1-37H. The Balaban J connectivity index is 1.07. The molecule has 0 atom stereocenters. The Bertz CT molecular complexity index is 3440. The quantitative estimate of drug-likeness (QED) is 0.143. The van der Waals surface area contributed by atoms with Crippen LogP contribution in [-0.2, 0) is 0 Å². The van der Waals surface area contributed by atoms with Crippen LogP contribution in [0.4, 0.5) is 0 Å². The molecule has 0 saturated carbocycles. The molecule has 0 aliphatic rings. The summed E-state index contributed by atoms with van der Waals surface area (Å²) < 4.78 is 0. The first-order chi connectivity index (χ1) is 32.7. The molecule has 0 saturated heterocycles. The summed E-state index contributed by atoms with van der Waals surface area (Å²) in [6.45, 7) is 0. The van der Waals surface area contributed by atoms with Gasteiger partial charge in [0, 0.05) is 33.4 Å². The SMILES string of the molecule is N#Cc1ccc(-c2cccc(-c3ccc(-c4nc(-c5ccccc5)nc(-c5ccccc5)n4)c4ccccc34)c2-c2ccc(-c3nc(-c4ccccc4)nc(-c4ccccc4)n3)cc2)cc1. The second kappa shape index (κ2) is 17.5. The van der Waals surface area contributed by atoms with Gasteiger partial charge in [0.05, 0.1) is 11.6 Å². The molecule has 0 N–H and O–H groups in total. The highest BCUT2D eigenvalue weighted by molar-refractivity contribution is 6.08. The number of hydrogen-bond acceptors (Lipinski definition) is 7. The molecule has 66 heavy (non-hydrogen) atoms. The van der Waals surface area contributed by atoms with E-state index in [1.807, 2.05) is 146 Å². The van der Waals surface area contributed by atoms with Gasteiger partial charge in [-0.1, -0.05) is 206 Å². The van der Waals surface area contributed by atoms with Crippen LogP contribution < -0.4 is 0 Å². The molecule has 0 radical (unpaired) electrons. The fourth-order valence-electron chi connectivity index (χ4n) is 8.43. The Kier molecular flexibility index (Phi) is 10.5. The molecule has 7 heteroatoms. The number of rotatable bonds is 9. The zero-order valence-electron chi connectivity index (χ0n) is 35.5. The van der Waals surface area contributed by atoms with Gasteiger partial charge in [0.1, 0.15) is 0 Å². The van der Waals surface area contributed by atoms with Gasteiger partial charge in [-0.3, -0.25) is 0 Å². The fraction of sp³-hybridized carbons (Fsp3) is 0. The predicted octanol–water partition coefficient (Wildman–Crippen LogP) is 14.1. The van der Waals surface area contributed by atoms with Gasteiger partial charge in [-0.2, -0.15) is 5.26 Å². The van der Waals surface area contributed by atoms with Crippen molar-refractivity contribution in [2.45, 2.75) is 0 Å². The van der Waals surface area contributed by atoms with E-state index in [2.05, 4.69) is 84.9 Å². The minimum atomic E-state index is 0.584. The molecule has 0 spiro atoms. The van der Waals surface area contributed by atoms with Crippen LogP contribution in [0.3, 0.4) is 0 Å². The Labute approximate surface area is 382 Å². The van der Waals surface area contributed by atoms with E-state index < -0.39 is 0 Å². The average molecular weight is 844 g/mol. The average Bonchev–Trinajstić information content (AvgIpc) is 3.41. The largest absolute Gasteiger partial charge is 0.208 e. The summed E-state index contributed by atoms with van der Waals surface area (Å²) in [4.78, 5) is 30.1. The Morgan fingerprint density at radius 3 is 1.05 bits per heavy atom. The summed E-state index contributed by atoms with van der Waals surface area (Å²) in [5, 5.41) is 11.8. The molecule has 0 aliphatic carbocycles. The highest BCUT2D eigenvalue weighted by Crippen LogP contribution is 2.44. The van der Waals surface area contributed by atoms with Crippen LogP contribution in [0.2, 0.25) is 0 Å². The van der Waals surface area contributed by atoms with Crippen molar-refractivity contribution in [3.05, 3.63) is 230 Å². The fourth-order valence-corrected chi connectivity index (χ4v) is 8.43. The third-order valence-corrected chi connectivity index (χ3v) is 11.7. The summed E-state index contributed by atoms with van der Waals surface area (Å²) in [5.74, 6) is 3.61. The highest BCUT2D eigenvalue weighted by Gasteiger charge is 2.20. The van der Waals surface area contributed by atoms with E-state index in [4.69, 9.17) is 29.9 Å². The number of nitrogens with zero attached hydrogens (tertiary/aromatic N) is 7. The van der Waals surface area contributed by atoms with Gasteiger partial charge < -0.3 is 0 Å². The lowest BCUT2D eigenvalue weighted by Gasteiger charge is -2.19. The van der Waals surface area contributed by atoms with Crippen LogP contribution in [0.15, 0.2) is 224 Å². The first-order valence-electron chi connectivity index (χ1n) is 21.7. The van der Waals surface area contributed by atoms with Gasteiger partial charge in [0.15, 0.2) is 34.9 Å². The maximum Gasteiger partial charge on any atom is 0.164 e. The van der Waals surface area contributed by atoms with Crippen molar-refractivity contribution in [2.75, 3.05) is 0 Å². The molecule has 11 aromatic rings. The van der Waals surface area contributed by atoms with E-state index in [0.29, 0.717) is 40.5 Å². The molecular formula is C59H37N7. The van der Waals surface area contributed by atoms with E-state index in [0.717, 1.165) is 77.5 Å². The monoisotopic (exact) mass is 843 g/mol. The van der Waals surface area contributed by atoms with Crippen LogP contribution in [0.25, 0.3) is 112 Å². The van der Waals surface area contributed by atoms with Gasteiger partial charge in [0.2, 0.25) is 0 Å². The lowest BCUT2D eigenvalue weighted by atomic mass is 9.85. The second-order valence-electron chi connectivity index (χ2n) is 15.8. The van der Waals surface area contributed by atoms with Crippen LogP contribution in [0, 0.1) is 11.3 Å². The summed E-state index contributed by atoms with van der Waals surface area (Å²) >= 11 is 0. The minimum absolute atomic E-state index is 0.584. The molecule has 0 aliphatic heterocycles. The molecule has 0 bridgehead atoms. The van der Waals surface area contributed by atoms with Crippen molar-refractivity contribution in [1.29, 1.82) is 5.26 Å². The summed E-state index contributed by atoms with van der Waals surface area (Å²) in [6.07, 6.45) is 0. The van der Waals surface area contributed by atoms with E-state index in [1.54, 1.807) is 0 Å². The molecule has 2 aromatic heterocycles. The Hall–Kier alpha value is -9.25. The van der Waals surface area contributed by atoms with E-state index >= 15 is 0 Å². The number of aromatic nitrogens is 6. The number of hydrogen-bond donors (Lipinski definition) is 0. The van der Waals surface area contributed by atoms with E-state index in [9.17, 15) is 5.26 Å². The maximum atomic E-state index is 9.68. The Morgan fingerprint density at radius 2 is 0.591 bits per heavy atom. The molecule has 0 unspecified atom stereocenters. The molecule has 9 aromatic carbocycles. The van der Waals surface area contributed by atoms with Crippen molar-refractivity contribution in [2.24, 2.45) is 0 Å². The lowest BCUT2D eigenvalue weighted by Crippen LogP contribution is -2.01. The van der Waals surface area contributed by atoms with Crippen LogP contribution in [0.5, 0.6) is 0 Å². The van der Waals surface area contributed by atoms with Crippen LogP contribution in [-0.4, -0.2) is 29.9 Å². The van der Waals surface area contributed by atoms with Crippen molar-refractivity contribution >= 4 is 10.8 Å². The molecule has 7 nitrogen and oxygen atoms in total. The van der Waals surface area contributed by atoms with Gasteiger partial charge in [0.25, 0.3) is 0 Å². The van der Waals surface area contributed by atoms with Crippen molar-refractivity contribution < 1.29 is 0 Å². The molecule has 0 amide bonds. The second-order valence-corrected chi connectivity index (χ2v) is 15.8. The molecule has 308 valence electrons. The summed E-state index contributed by atoms with van der Waals surface area (Å²) in [6, 6.07) is 77.8. The van der Waals surface area contributed by atoms with E-state index in [1.165, 1.54) is 0 Å². The van der Waals surface area contributed by atoms with Gasteiger partial charge in [-0.25, -0.2) is 29.9 Å². The first kappa shape index (κ1) is 39.6. The van der Waals surface area contributed by atoms with Gasteiger partial charge in [-0.05, 0) is 62.4 Å². The third-order valence-electron chi connectivity index (χ3n) is 11.7. The minimum Gasteiger partial charge on any atom is -0.208 e. The normalized spacial score (nSPS) is 11.0. The van der Waals surface area contributed by atoms with Gasteiger partial charge in [-0.15, -0.1) is 0 Å². The van der Waals surface area contributed by atoms with Crippen molar-refractivity contribution in [1.82, 2.24) is 29.9 Å². The molecule has 11 rings (SSSR count). The first-order valence-corrected chi connectivity index (χ1v) is 21.7. The zero-order valence-corrected chi connectivity index (χ0v) is 35.5. The molecule has 0 fully saturated rings. The van der Waals surface area contributed by atoms with Gasteiger partial charge >= 0.3 is 0 Å². The highest BCUT2D eigenvalue weighted by atomic mass is 15.0. The summed E-state index contributed by atoms with van der Waals surface area (Å²) in [5.41, 5.74) is 12.2. The van der Waals surface area contributed by atoms with Crippen LogP contribution in [0.1, 0.15) is 5.56 Å². The zero-order chi connectivity index (χ0) is 44.2. The van der Waals surface area contributed by atoms with Crippen molar-refractivity contribution in [3.63, 3.8) is 0 Å². The third kappa shape index (κ3) is 7.76. The van der Waals surface area contributed by atoms with E-state index in [-0.39, 0.29) is 0 Å². The maximum absolute atomic E-state index is 9.68. The topological polar surface area (TPSA) is 101 Å². The number of fused-ring (bicyclic) bond motifs is 1.